The van der Waals surface area contributed by atoms with Crippen LogP contribution in [0.5, 0.6) is 0 Å². The molecule has 0 spiro atoms. The number of aromatic nitrogens is 1. The number of hydrogen-bond donors (Lipinski definition) is 0. The molecule has 0 aromatic carbocycles. The van der Waals surface area contributed by atoms with E-state index in [2.05, 4.69) is 4.98 Å². The fraction of sp³-hybridized carbons (Fsp3) is 0.533. The summed E-state index contributed by atoms with van der Waals surface area (Å²) >= 11 is 5.79. The maximum atomic E-state index is 11.4. The normalized spacial score (nSPS) is 18.3. The number of rotatable bonds is 6. The molecule has 0 bridgehead atoms. The highest BCUT2D eigenvalue weighted by molar-refractivity contribution is 6.29. The summed E-state index contributed by atoms with van der Waals surface area (Å²) in [6.07, 6.45) is 2.53. The van der Waals surface area contributed by atoms with E-state index in [0.717, 1.165) is 5.56 Å². The Bertz CT molecular complexity index is 591. The number of ether oxygens (including phenoxy) is 1. The lowest BCUT2D eigenvalue weighted by Gasteiger charge is -2.38. The van der Waals surface area contributed by atoms with Gasteiger partial charge in [-0.25, -0.2) is 4.98 Å². The lowest BCUT2D eigenvalue weighted by atomic mass is 10.1. The fourth-order valence-corrected chi connectivity index (χ4v) is 2.92. The number of nitro groups is 1. The van der Waals surface area contributed by atoms with Crippen LogP contribution in [0.3, 0.4) is 0 Å². The maximum Gasteiger partial charge on any atom is 0.286 e. The summed E-state index contributed by atoms with van der Waals surface area (Å²) in [4.78, 5) is 18.8. The van der Waals surface area contributed by atoms with Crippen LogP contribution in [0.4, 0.5) is 0 Å². The first-order valence-electron chi connectivity index (χ1n) is 7.47. The summed E-state index contributed by atoms with van der Waals surface area (Å²) in [5.41, 5.74) is 1.15. The van der Waals surface area contributed by atoms with Gasteiger partial charge < -0.3 is 14.5 Å². The summed E-state index contributed by atoms with van der Waals surface area (Å²) in [7, 11) is 3.66. The van der Waals surface area contributed by atoms with Crippen LogP contribution in [-0.4, -0.2) is 46.6 Å². The van der Waals surface area contributed by atoms with Crippen LogP contribution >= 0.6 is 11.6 Å². The SMILES string of the molecule is CCOC1CCC([N+](=O)[O-])=C(N(C)Cc2ccc(Cl)nc2)N1C. The van der Waals surface area contributed by atoms with Crippen molar-refractivity contribution in [1.82, 2.24) is 14.8 Å². The van der Waals surface area contributed by atoms with E-state index in [1.54, 1.807) is 12.3 Å². The zero-order chi connectivity index (χ0) is 17.0. The molecule has 1 aromatic rings. The Labute approximate surface area is 140 Å². The first-order chi connectivity index (χ1) is 10.9. The molecule has 0 fully saturated rings. The molecule has 0 aliphatic carbocycles. The van der Waals surface area contributed by atoms with Gasteiger partial charge in [0.05, 0.1) is 4.92 Å². The zero-order valence-electron chi connectivity index (χ0n) is 13.5. The van der Waals surface area contributed by atoms with Crippen LogP contribution in [0.15, 0.2) is 29.8 Å². The summed E-state index contributed by atoms with van der Waals surface area (Å²) in [6.45, 7) is 2.99. The maximum absolute atomic E-state index is 11.4. The topological polar surface area (TPSA) is 71.7 Å². The second kappa shape index (κ2) is 7.61. The van der Waals surface area contributed by atoms with Gasteiger partial charge in [0.15, 0.2) is 5.82 Å². The standard InChI is InChI=1S/C15H21ClN4O3/c1-4-23-14-8-6-12(20(21)22)15(19(14)3)18(2)10-11-5-7-13(16)17-9-11/h5,7,9,14H,4,6,8,10H2,1-3H3. The average molecular weight is 341 g/mol. The van der Waals surface area contributed by atoms with Crippen molar-refractivity contribution < 1.29 is 9.66 Å². The van der Waals surface area contributed by atoms with Crippen LogP contribution < -0.4 is 0 Å². The minimum Gasteiger partial charge on any atom is -0.359 e. The lowest BCUT2D eigenvalue weighted by Crippen LogP contribution is -2.43. The second-order valence-corrected chi connectivity index (χ2v) is 5.82. The van der Waals surface area contributed by atoms with Crippen LogP contribution in [0.25, 0.3) is 0 Å². The number of pyridine rings is 1. The summed E-state index contributed by atoms with van der Waals surface area (Å²) in [5, 5.41) is 11.8. The molecule has 7 nitrogen and oxygen atoms in total. The van der Waals surface area contributed by atoms with Gasteiger partial charge in [0, 0.05) is 46.3 Å². The average Bonchev–Trinajstić information content (AvgIpc) is 2.51. The summed E-state index contributed by atoms with van der Waals surface area (Å²) in [5.74, 6) is 0.578. The Kier molecular flexibility index (Phi) is 5.79. The third-order valence-corrected chi connectivity index (χ3v) is 4.03. The van der Waals surface area contributed by atoms with Crippen molar-refractivity contribution in [3.63, 3.8) is 0 Å². The summed E-state index contributed by atoms with van der Waals surface area (Å²) < 4.78 is 5.68. The Morgan fingerprint density at radius 2 is 2.30 bits per heavy atom. The van der Waals surface area contributed by atoms with Gasteiger partial charge in [-0.1, -0.05) is 17.7 Å². The second-order valence-electron chi connectivity index (χ2n) is 5.43. The molecule has 1 unspecified atom stereocenters. The van der Waals surface area contributed by atoms with Gasteiger partial charge in [-0.05, 0) is 18.6 Å². The molecule has 0 N–H and O–H groups in total. The molecule has 0 amide bonds. The molecule has 2 heterocycles. The van der Waals surface area contributed by atoms with Crippen LogP contribution in [0.1, 0.15) is 25.3 Å². The van der Waals surface area contributed by atoms with Crippen molar-refractivity contribution in [2.24, 2.45) is 0 Å². The zero-order valence-corrected chi connectivity index (χ0v) is 14.3. The van der Waals surface area contributed by atoms with Gasteiger partial charge in [0.2, 0.25) is 0 Å². The first-order valence-corrected chi connectivity index (χ1v) is 7.85. The Morgan fingerprint density at radius 3 is 2.87 bits per heavy atom. The van der Waals surface area contributed by atoms with Gasteiger partial charge in [0.1, 0.15) is 11.4 Å². The smallest absolute Gasteiger partial charge is 0.286 e. The minimum absolute atomic E-state index is 0.149. The number of nitrogens with zero attached hydrogens (tertiary/aromatic N) is 4. The molecule has 23 heavy (non-hydrogen) atoms. The van der Waals surface area contributed by atoms with E-state index in [4.69, 9.17) is 16.3 Å². The molecule has 0 saturated heterocycles. The van der Waals surface area contributed by atoms with E-state index in [-0.39, 0.29) is 16.8 Å². The van der Waals surface area contributed by atoms with E-state index in [0.29, 0.717) is 37.0 Å². The van der Waals surface area contributed by atoms with Gasteiger partial charge in [-0.2, -0.15) is 0 Å². The Balaban J connectivity index is 2.26. The lowest BCUT2D eigenvalue weighted by molar-refractivity contribution is -0.434. The van der Waals surface area contributed by atoms with E-state index in [1.807, 2.05) is 36.9 Å². The molecular weight excluding hydrogens is 320 g/mol. The van der Waals surface area contributed by atoms with Gasteiger partial charge in [-0.15, -0.1) is 0 Å². The van der Waals surface area contributed by atoms with Crippen molar-refractivity contribution in [2.45, 2.75) is 32.5 Å². The van der Waals surface area contributed by atoms with E-state index in [1.165, 1.54) is 0 Å². The third-order valence-electron chi connectivity index (χ3n) is 3.80. The molecule has 0 saturated carbocycles. The van der Waals surface area contributed by atoms with Crippen LogP contribution in [-0.2, 0) is 11.3 Å². The van der Waals surface area contributed by atoms with Gasteiger partial charge in [0.25, 0.3) is 5.70 Å². The van der Waals surface area contributed by atoms with Crippen molar-refractivity contribution in [3.8, 4) is 0 Å². The minimum atomic E-state index is -0.301. The van der Waals surface area contributed by atoms with Crippen LogP contribution in [0, 0.1) is 10.1 Å². The summed E-state index contributed by atoms with van der Waals surface area (Å²) in [6, 6.07) is 3.57. The predicted octanol–water partition coefficient (Wildman–Crippen LogP) is 2.70. The first kappa shape index (κ1) is 17.5. The highest BCUT2D eigenvalue weighted by Gasteiger charge is 2.34. The van der Waals surface area contributed by atoms with Crippen molar-refractivity contribution in [3.05, 3.63) is 50.7 Å². The fourth-order valence-electron chi connectivity index (χ4n) is 2.80. The van der Waals surface area contributed by atoms with Crippen molar-refractivity contribution >= 4 is 11.6 Å². The number of allylic oxidation sites excluding steroid dienone is 1. The molecule has 8 heteroatoms. The molecule has 126 valence electrons. The highest BCUT2D eigenvalue weighted by atomic mass is 35.5. The van der Waals surface area contributed by atoms with E-state index < -0.39 is 0 Å². The van der Waals surface area contributed by atoms with Gasteiger partial charge in [-0.3, -0.25) is 10.1 Å². The predicted molar refractivity (Wildman–Crippen MR) is 87.1 cm³/mol. The molecular formula is C15H21ClN4O3. The molecule has 1 aliphatic rings. The third kappa shape index (κ3) is 4.11. The molecule has 1 aliphatic heterocycles. The number of hydrogen-bond acceptors (Lipinski definition) is 6. The molecule has 1 atom stereocenters. The van der Waals surface area contributed by atoms with Crippen molar-refractivity contribution in [1.29, 1.82) is 0 Å². The number of halogens is 1. The van der Waals surface area contributed by atoms with Crippen LogP contribution in [0.2, 0.25) is 5.15 Å². The molecule has 2 rings (SSSR count). The van der Waals surface area contributed by atoms with Crippen molar-refractivity contribution in [2.75, 3.05) is 20.7 Å². The van der Waals surface area contributed by atoms with E-state index >= 15 is 0 Å². The molecule has 0 radical (unpaired) electrons. The Hall–Kier alpha value is -1.86. The van der Waals surface area contributed by atoms with E-state index in [9.17, 15) is 10.1 Å². The Morgan fingerprint density at radius 1 is 1.57 bits per heavy atom. The highest BCUT2D eigenvalue weighted by Crippen LogP contribution is 2.29. The quantitative estimate of drug-likeness (QED) is 0.450. The monoisotopic (exact) mass is 340 g/mol. The molecule has 1 aromatic heterocycles. The largest absolute Gasteiger partial charge is 0.359 e. The van der Waals surface area contributed by atoms with Gasteiger partial charge >= 0.3 is 0 Å².